The highest BCUT2D eigenvalue weighted by molar-refractivity contribution is 7.26. The summed E-state index contributed by atoms with van der Waals surface area (Å²) in [6, 6.07) is 117. The summed E-state index contributed by atoms with van der Waals surface area (Å²) in [5, 5.41) is 1.15. The van der Waals surface area contributed by atoms with Crippen molar-refractivity contribution in [1.82, 2.24) is 54.8 Å². The summed E-state index contributed by atoms with van der Waals surface area (Å²) in [6.45, 7) is 0. The monoisotopic (exact) mass is 1390 g/mol. The molecule has 0 aliphatic heterocycles. The van der Waals surface area contributed by atoms with Gasteiger partial charge in [0.2, 0.25) is 0 Å². The van der Waals surface area contributed by atoms with E-state index >= 15 is 0 Å². The predicted molar refractivity (Wildman–Crippen MR) is 435 cm³/mol. The summed E-state index contributed by atoms with van der Waals surface area (Å²) >= 11 is 3.33. The van der Waals surface area contributed by atoms with E-state index in [9.17, 15) is 0 Å². The van der Waals surface area contributed by atoms with Crippen molar-refractivity contribution in [2.75, 3.05) is 0 Å². The molecule has 0 atom stereocenters. The Morgan fingerprint density at radius 2 is 0.538 bits per heavy atom. The van der Waals surface area contributed by atoms with E-state index in [0.29, 0.717) is 34.9 Å². The van der Waals surface area contributed by atoms with E-state index in [1.165, 1.54) is 15.8 Å². The average molecular weight is 1390 g/mol. The maximum atomic E-state index is 5.13. The lowest BCUT2D eigenvalue weighted by Gasteiger charge is -2.11. The molecular formula is C93H57N11S2. The Morgan fingerprint density at radius 1 is 0.189 bits per heavy atom. The van der Waals surface area contributed by atoms with Crippen LogP contribution in [0.1, 0.15) is 0 Å². The highest BCUT2D eigenvalue weighted by Gasteiger charge is 2.20. The van der Waals surface area contributed by atoms with Crippen LogP contribution in [0.4, 0.5) is 0 Å². The summed E-state index contributed by atoms with van der Waals surface area (Å²) in [6.07, 6.45) is 1.86. The van der Waals surface area contributed by atoms with E-state index in [1.54, 1.807) is 22.7 Å². The van der Waals surface area contributed by atoms with Crippen molar-refractivity contribution in [2.24, 2.45) is 0 Å². The zero-order valence-corrected chi connectivity index (χ0v) is 58.3. The van der Waals surface area contributed by atoms with Crippen molar-refractivity contribution < 1.29 is 0 Å². The summed E-state index contributed by atoms with van der Waals surface area (Å²) in [7, 11) is 0. The fourth-order valence-corrected chi connectivity index (χ4v) is 15.7. The highest BCUT2D eigenvalue weighted by Crippen LogP contribution is 2.41. The fraction of sp³-hybridized carbons (Fsp3) is 0. The van der Waals surface area contributed by atoms with E-state index in [0.717, 1.165) is 147 Å². The molecule has 0 bridgehead atoms. The van der Waals surface area contributed by atoms with Gasteiger partial charge in [-0.3, -0.25) is 4.98 Å². The summed E-state index contributed by atoms with van der Waals surface area (Å²) in [5.41, 5.74) is 25.2. The Hall–Kier alpha value is -13.9. The SMILES string of the molecule is c1ccc(-c2ccc(-c3nc(-c4ccccc4)nc(-c4cccc(-c5ccc(-c6cccc7nc8c(nc67)sc6ccccc68)cc5)c4)n3)cc2)cc1.c1ccc(-c2ccc(-c3nc(-c4ccccc4)nc(-c4cccc(-c5ccc(-c6ccnc7c6sc6nc8ccccc8nc67)cc5)c4)n3)cc2)cc1. The van der Waals surface area contributed by atoms with Crippen molar-refractivity contribution in [3.63, 3.8) is 0 Å². The van der Waals surface area contributed by atoms with Gasteiger partial charge in [-0.2, -0.15) is 0 Å². The molecule has 0 unspecified atom stereocenters. The van der Waals surface area contributed by atoms with Crippen molar-refractivity contribution in [3.05, 3.63) is 346 Å². The zero-order valence-electron chi connectivity index (χ0n) is 56.6. The lowest BCUT2D eigenvalue weighted by atomic mass is 9.98. The first-order valence-electron chi connectivity index (χ1n) is 34.9. The maximum absolute atomic E-state index is 5.13. The smallest absolute Gasteiger partial charge is 0.164 e. The highest BCUT2D eigenvalue weighted by atomic mass is 32.1. The first-order chi connectivity index (χ1) is 52.5. The second-order valence-corrected chi connectivity index (χ2v) is 27.7. The van der Waals surface area contributed by atoms with E-state index in [2.05, 4.69) is 237 Å². The number of hydrogen-bond acceptors (Lipinski definition) is 13. The third-order valence-electron chi connectivity index (χ3n) is 19.0. The molecule has 0 N–H and O–H groups in total. The van der Waals surface area contributed by atoms with E-state index < -0.39 is 0 Å². The summed E-state index contributed by atoms with van der Waals surface area (Å²) in [5.74, 6) is 3.79. The number of benzene rings is 13. The van der Waals surface area contributed by atoms with Crippen LogP contribution >= 0.6 is 22.7 Å². The Balaban J connectivity index is 0.000000145. The standard InChI is InChI=1S/C47H29N5S.C46H28N6S/c1-3-11-30(12-4-1)31-23-27-35(28-24-31)45-50-44(34-13-5-2-6-14-34)51-46(52-45)37-16-9-15-36(29-37)32-21-25-33(26-22-32)38-18-10-19-40-42(38)49-47-43(48-40)39-17-7-8-20-41(39)53-47;1-3-10-29(11-4-1)30-20-24-34(25-21-30)44-50-43(33-12-5-2-6-13-33)51-45(52-44)36-15-9-14-35(28-36)31-18-22-32(23-19-31)37-26-27-47-40-41-46(53-42(37)40)49-39-17-8-7-16-38(39)48-41/h1-29H;1-28H. The lowest BCUT2D eigenvalue weighted by molar-refractivity contribution is 1.07. The van der Waals surface area contributed by atoms with Crippen LogP contribution in [0.2, 0.25) is 0 Å². The van der Waals surface area contributed by atoms with Gasteiger partial charge < -0.3 is 0 Å². The molecule has 106 heavy (non-hydrogen) atoms. The maximum Gasteiger partial charge on any atom is 0.164 e. The van der Waals surface area contributed by atoms with Gasteiger partial charge in [0.25, 0.3) is 0 Å². The molecule has 0 saturated carbocycles. The van der Waals surface area contributed by atoms with Gasteiger partial charge in [-0.15, -0.1) is 22.7 Å². The molecule has 0 fully saturated rings. The molecule has 0 saturated heterocycles. The topological polar surface area (TPSA) is 142 Å². The first-order valence-corrected chi connectivity index (χ1v) is 36.5. The normalized spacial score (nSPS) is 11.4. The molecule has 496 valence electrons. The van der Waals surface area contributed by atoms with Crippen LogP contribution in [0.25, 0.3) is 198 Å². The van der Waals surface area contributed by atoms with Gasteiger partial charge in [-0.25, -0.2) is 49.8 Å². The van der Waals surface area contributed by atoms with Crippen LogP contribution in [0.5, 0.6) is 0 Å². The fourth-order valence-electron chi connectivity index (χ4n) is 13.6. The largest absolute Gasteiger partial charge is 0.253 e. The number of fused-ring (bicyclic) bond motifs is 8. The molecule has 13 aromatic carbocycles. The minimum absolute atomic E-state index is 0.623. The predicted octanol–water partition coefficient (Wildman–Crippen LogP) is 23.8. The number of aromatic nitrogens is 11. The van der Waals surface area contributed by atoms with Crippen LogP contribution in [0, 0.1) is 0 Å². The molecule has 20 aromatic rings. The van der Waals surface area contributed by atoms with E-state index in [-0.39, 0.29) is 0 Å². The molecule has 11 nitrogen and oxygen atoms in total. The van der Waals surface area contributed by atoms with Crippen molar-refractivity contribution in [2.45, 2.75) is 0 Å². The van der Waals surface area contributed by atoms with Crippen molar-refractivity contribution in [1.29, 1.82) is 0 Å². The Bertz CT molecular complexity index is 6390. The number of hydrogen-bond donors (Lipinski definition) is 0. The van der Waals surface area contributed by atoms with Crippen LogP contribution in [-0.4, -0.2) is 54.8 Å². The molecule has 0 spiro atoms. The van der Waals surface area contributed by atoms with Gasteiger partial charge >= 0.3 is 0 Å². The molecule has 13 heteroatoms. The van der Waals surface area contributed by atoms with E-state index in [1.807, 2.05) is 109 Å². The second kappa shape index (κ2) is 27.5. The van der Waals surface area contributed by atoms with Crippen LogP contribution in [0.3, 0.4) is 0 Å². The van der Waals surface area contributed by atoms with Gasteiger partial charge in [0.15, 0.2) is 34.9 Å². The number of para-hydroxylation sites is 3. The molecule has 0 aliphatic rings. The minimum atomic E-state index is 0.623. The number of nitrogens with zero attached hydrogens (tertiary/aromatic N) is 11. The van der Waals surface area contributed by atoms with E-state index in [4.69, 9.17) is 54.8 Å². The van der Waals surface area contributed by atoms with Crippen molar-refractivity contribution in [3.8, 4) is 135 Å². The molecule has 7 heterocycles. The molecule has 0 radical (unpaired) electrons. The average Bonchev–Trinajstić information content (AvgIpc) is 1.61. The van der Waals surface area contributed by atoms with Gasteiger partial charge in [0, 0.05) is 60.8 Å². The lowest BCUT2D eigenvalue weighted by Crippen LogP contribution is -2.00. The Morgan fingerprint density at radius 3 is 1.06 bits per heavy atom. The summed E-state index contributed by atoms with van der Waals surface area (Å²) in [4.78, 5) is 56.5. The van der Waals surface area contributed by atoms with Gasteiger partial charge in [0.1, 0.15) is 26.2 Å². The van der Waals surface area contributed by atoms with Gasteiger partial charge in [0.05, 0.1) is 26.8 Å². The first kappa shape index (κ1) is 63.1. The Labute approximate surface area is 617 Å². The zero-order chi connectivity index (χ0) is 70.3. The van der Waals surface area contributed by atoms with Gasteiger partial charge in [-0.1, -0.05) is 297 Å². The Kier molecular flexibility index (Phi) is 16.4. The van der Waals surface area contributed by atoms with Crippen LogP contribution in [0.15, 0.2) is 346 Å². The molecule has 0 amide bonds. The molecular weight excluding hydrogens is 1340 g/mol. The molecule has 7 aromatic heterocycles. The molecule has 20 rings (SSSR count). The van der Waals surface area contributed by atoms with Crippen LogP contribution in [-0.2, 0) is 0 Å². The second-order valence-electron chi connectivity index (χ2n) is 25.7. The van der Waals surface area contributed by atoms with Gasteiger partial charge in [-0.05, 0) is 98.1 Å². The summed E-state index contributed by atoms with van der Waals surface area (Å²) < 4.78 is 2.29. The number of rotatable bonds is 12. The van der Waals surface area contributed by atoms with Crippen LogP contribution < -0.4 is 0 Å². The minimum Gasteiger partial charge on any atom is -0.253 e. The third-order valence-corrected chi connectivity index (χ3v) is 21.2. The van der Waals surface area contributed by atoms with Crippen molar-refractivity contribution >= 4 is 85.7 Å². The number of pyridine rings is 1. The quantitative estimate of drug-likeness (QED) is 0.115. The molecule has 0 aliphatic carbocycles. The number of thiophene rings is 2. The third kappa shape index (κ3) is 12.4.